The first-order valence-corrected chi connectivity index (χ1v) is 8.77. The van der Waals surface area contributed by atoms with Crippen LogP contribution in [0.3, 0.4) is 0 Å². The lowest BCUT2D eigenvalue weighted by Crippen LogP contribution is -2.42. The van der Waals surface area contributed by atoms with Crippen molar-refractivity contribution in [2.24, 2.45) is 5.73 Å². The number of nitrogens with two attached hydrogens (primary N) is 1. The second-order valence-corrected chi connectivity index (χ2v) is 7.23. The molecule has 6 heteroatoms. The summed E-state index contributed by atoms with van der Waals surface area (Å²) in [6.07, 6.45) is 2.54. The van der Waals surface area contributed by atoms with Gasteiger partial charge in [-0.2, -0.15) is 0 Å². The molecule has 1 heterocycles. The summed E-state index contributed by atoms with van der Waals surface area (Å²) in [5.41, 5.74) is 6.50. The maximum Gasteiger partial charge on any atom is 0.326 e. The fourth-order valence-electron chi connectivity index (χ4n) is 2.72. The number of benzene rings is 1. The third-order valence-electron chi connectivity index (χ3n) is 3.85. The number of unbranched alkanes of at least 4 members (excludes halogenated alkanes) is 1. The van der Waals surface area contributed by atoms with Gasteiger partial charge in [-0.25, -0.2) is 0 Å². The van der Waals surface area contributed by atoms with Crippen LogP contribution in [0.5, 0.6) is 5.75 Å². The lowest BCUT2D eigenvalue weighted by atomic mass is 9.98. The monoisotopic (exact) mass is 348 g/mol. The number of esters is 1. The Balaban J connectivity index is 1.97. The molecule has 0 saturated heterocycles. The molecule has 6 nitrogen and oxygen atoms in total. The Bertz CT molecular complexity index is 622. The van der Waals surface area contributed by atoms with Gasteiger partial charge in [0.25, 0.3) is 5.91 Å². The Kier molecular flexibility index (Phi) is 6.42. The van der Waals surface area contributed by atoms with Crippen LogP contribution in [0.2, 0.25) is 0 Å². The Morgan fingerprint density at radius 2 is 2.04 bits per heavy atom. The van der Waals surface area contributed by atoms with Crippen molar-refractivity contribution in [3.8, 4) is 5.75 Å². The molecule has 0 atom stereocenters. The van der Waals surface area contributed by atoms with Gasteiger partial charge in [0.1, 0.15) is 17.9 Å². The van der Waals surface area contributed by atoms with Crippen molar-refractivity contribution >= 4 is 11.9 Å². The van der Waals surface area contributed by atoms with Gasteiger partial charge in [0.2, 0.25) is 0 Å². The van der Waals surface area contributed by atoms with E-state index < -0.39 is 5.60 Å². The Morgan fingerprint density at radius 3 is 2.72 bits per heavy atom. The molecule has 138 valence electrons. The Hall–Kier alpha value is -2.08. The van der Waals surface area contributed by atoms with Gasteiger partial charge in [-0.3, -0.25) is 9.59 Å². The highest BCUT2D eigenvalue weighted by molar-refractivity contribution is 5.98. The summed E-state index contributed by atoms with van der Waals surface area (Å²) >= 11 is 0. The van der Waals surface area contributed by atoms with Crippen LogP contribution in [0.4, 0.5) is 0 Å². The molecule has 2 rings (SSSR count). The molecule has 1 aliphatic heterocycles. The fraction of sp³-hybridized carbons (Fsp3) is 0.579. The van der Waals surface area contributed by atoms with Gasteiger partial charge in [-0.1, -0.05) is 0 Å². The van der Waals surface area contributed by atoms with E-state index in [0.29, 0.717) is 31.7 Å². The van der Waals surface area contributed by atoms with Crippen LogP contribution in [0.1, 0.15) is 49.5 Å². The largest absolute Gasteiger partial charge is 0.494 e. The molecular weight excluding hydrogens is 320 g/mol. The molecule has 25 heavy (non-hydrogen) atoms. The molecule has 1 aromatic rings. The van der Waals surface area contributed by atoms with Crippen LogP contribution in [0.25, 0.3) is 0 Å². The van der Waals surface area contributed by atoms with Crippen molar-refractivity contribution < 1.29 is 19.1 Å². The number of hydrogen-bond acceptors (Lipinski definition) is 5. The van der Waals surface area contributed by atoms with Crippen LogP contribution in [-0.4, -0.2) is 48.6 Å². The van der Waals surface area contributed by atoms with E-state index in [1.165, 1.54) is 4.90 Å². The van der Waals surface area contributed by atoms with Crippen molar-refractivity contribution in [3.63, 3.8) is 0 Å². The number of ether oxygens (including phenoxy) is 2. The third-order valence-corrected chi connectivity index (χ3v) is 3.85. The van der Waals surface area contributed by atoms with Crippen molar-refractivity contribution in [2.45, 2.75) is 45.6 Å². The fourth-order valence-corrected chi connectivity index (χ4v) is 2.72. The van der Waals surface area contributed by atoms with E-state index in [4.69, 9.17) is 15.2 Å². The summed E-state index contributed by atoms with van der Waals surface area (Å²) in [6, 6.07) is 5.49. The summed E-state index contributed by atoms with van der Waals surface area (Å²) in [4.78, 5) is 26.1. The summed E-state index contributed by atoms with van der Waals surface area (Å²) < 4.78 is 11.0. The number of fused-ring (bicyclic) bond motifs is 1. The average molecular weight is 348 g/mol. The first kappa shape index (κ1) is 19.2. The molecule has 2 N–H and O–H groups in total. The minimum atomic E-state index is -0.552. The van der Waals surface area contributed by atoms with Gasteiger partial charge in [0.15, 0.2) is 0 Å². The summed E-state index contributed by atoms with van der Waals surface area (Å²) in [6.45, 7) is 7.20. The number of carbonyl (C=O) groups is 2. The van der Waals surface area contributed by atoms with E-state index in [0.717, 1.165) is 24.2 Å². The van der Waals surface area contributed by atoms with Gasteiger partial charge >= 0.3 is 5.97 Å². The van der Waals surface area contributed by atoms with Crippen molar-refractivity contribution in [1.82, 2.24) is 4.90 Å². The Labute approximate surface area is 149 Å². The quantitative estimate of drug-likeness (QED) is 0.603. The number of amides is 1. The normalized spacial score (nSPS) is 14.2. The van der Waals surface area contributed by atoms with E-state index in [1.54, 1.807) is 12.1 Å². The summed E-state index contributed by atoms with van der Waals surface area (Å²) in [7, 11) is 0. The highest BCUT2D eigenvalue weighted by atomic mass is 16.6. The predicted octanol–water partition coefficient (Wildman–Crippen LogP) is 2.14. The first-order valence-electron chi connectivity index (χ1n) is 8.77. The molecule has 1 aromatic carbocycles. The second-order valence-electron chi connectivity index (χ2n) is 7.23. The predicted molar refractivity (Wildman–Crippen MR) is 95.7 cm³/mol. The maximum absolute atomic E-state index is 12.6. The highest BCUT2D eigenvalue weighted by Gasteiger charge is 2.28. The lowest BCUT2D eigenvalue weighted by molar-refractivity contribution is -0.155. The average Bonchev–Trinajstić information content (AvgIpc) is 2.52. The van der Waals surface area contributed by atoms with E-state index in [2.05, 4.69) is 0 Å². The SMILES string of the molecule is CC(C)(C)OC(=O)CN1CCc2cc(OCCCCN)ccc2C1=O. The molecule has 0 bridgehead atoms. The number of hydrogen-bond donors (Lipinski definition) is 1. The molecule has 0 aromatic heterocycles. The molecular formula is C19H28N2O4. The molecule has 0 unspecified atom stereocenters. The third kappa shape index (κ3) is 5.74. The maximum atomic E-state index is 12.6. The van der Waals surface area contributed by atoms with Gasteiger partial charge in [-0.15, -0.1) is 0 Å². The molecule has 1 aliphatic rings. The van der Waals surface area contributed by atoms with E-state index >= 15 is 0 Å². The van der Waals surface area contributed by atoms with Crippen molar-refractivity contribution in [1.29, 1.82) is 0 Å². The van der Waals surface area contributed by atoms with E-state index in [9.17, 15) is 9.59 Å². The van der Waals surface area contributed by atoms with E-state index in [-0.39, 0.29) is 18.4 Å². The summed E-state index contributed by atoms with van der Waals surface area (Å²) in [5, 5.41) is 0. The zero-order valence-corrected chi connectivity index (χ0v) is 15.3. The standard InChI is InChI=1S/C19H28N2O4/c1-19(2,3)25-17(22)13-21-10-8-14-12-15(24-11-5-4-9-20)6-7-16(14)18(21)23/h6-7,12H,4-5,8-11,13,20H2,1-3H3. The van der Waals surface area contributed by atoms with Crippen LogP contribution in [0.15, 0.2) is 18.2 Å². The topological polar surface area (TPSA) is 81.9 Å². The lowest BCUT2D eigenvalue weighted by Gasteiger charge is -2.29. The molecule has 0 radical (unpaired) electrons. The van der Waals surface area contributed by atoms with Crippen LogP contribution in [0, 0.1) is 0 Å². The smallest absolute Gasteiger partial charge is 0.326 e. The molecule has 0 saturated carbocycles. The van der Waals surface area contributed by atoms with Gasteiger partial charge in [0.05, 0.1) is 6.61 Å². The molecule has 0 aliphatic carbocycles. The van der Waals surface area contributed by atoms with Gasteiger partial charge in [0, 0.05) is 12.1 Å². The minimum Gasteiger partial charge on any atom is -0.494 e. The van der Waals surface area contributed by atoms with Gasteiger partial charge in [-0.05, 0) is 70.3 Å². The molecule has 1 amide bonds. The number of rotatable bonds is 7. The van der Waals surface area contributed by atoms with Crippen molar-refractivity contribution in [3.05, 3.63) is 29.3 Å². The van der Waals surface area contributed by atoms with Crippen LogP contribution >= 0.6 is 0 Å². The number of nitrogens with zero attached hydrogens (tertiary/aromatic N) is 1. The zero-order valence-electron chi connectivity index (χ0n) is 15.3. The highest BCUT2D eigenvalue weighted by Crippen LogP contribution is 2.24. The molecule has 0 fully saturated rings. The molecule has 0 spiro atoms. The van der Waals surface area contributed by atoms with Crippen LogP contribution < -0.4 is 10.5 Å². The zero-order chi connectivity index (χ0) is 18.4. The van der Waals surface area contributed by atoms with E-state index in [1.807, 2.05) is 26.8 Å². The Morgan fingerprint density at radius 1 is 1.28 bits per heavy atom. The second kappa shape index (κ2) is 8.34. The summed E-state index contributed by atoms with van der Waals surface area (Å²) in [5.74, 6) is 0.245. The van der Waals surface area contributed by atoms with Crippen molar-refractivity contribution in [2.75, 3.05) is 26.2 Å². The first-order chi connectivity index (χ1) is 11.8. The van der Waals surface area contributed by atoms with Crippen LogP contribution in [-0.2, 0) is 16.0 Å². The van der Waals surface area contributed by atoms with Gasteiger partial charge < -0.3 is 20.1 Å². The minimum absolute atomic E-state index is 0.0209. The number of carbonyl (C=O) groups excluding carboxylic acids is 2.